The average molecular weight is 475 g/mol. The fraction of sp³-hybridized carbons (Fsp3) is 0.552. The Hall–Kier alpha value is -2.73. The summed E-state index contributed by atoms with van der Waals surface area (Å²) in [5.74, 6) is -0.0372. The molecular weight excluding hydrogens is 436 g/mol. The van der Waals surface area contributed by atoms with Crippen molar-refractivity contribution in [2.45, 2.75) is 76.9 Å². The van der Waals surface area contributed by atoms with Gasteiger partial charge in [-0.15, -0.1) is 0 Å². The minimum atomic E-state index is -0.735. The Morgan fingerprint density at radius 1 is 0.971 bits per heavy atom. The van der Waals surface area contributed by atoms with Gasteiger partial charge in [-0.3, -0.25) is 14.7 Å². The number of aromatic nitrogens is 1. The third-order valence-electron chi connectivity index (χ3n) is 8.46. The van der Waals surface area contributed by atoms with Gasteiger partial charge in [0.25, 0.3) is 5.91 Å². The van der Waals surface area contributed by atoms with Crippen LogP contribution in [0.25, 0.3) is 0 Å². The molecule has 3 fully saturated rings. The monoisotopic (exact) mass is 474 g/mol. The van der Waals surface area contributed by atoms with Gasteiger partial charge >= 0.3 is 6.03 Å². The third kappa shape index (κ3) is 4.86. The smallest absolute Gasteiger partial charge is 0.309 e. The molecule has 1 saturated carbocycles. The first-order valence-electron chi connectivity index (χ1n) is 13.2. The van der Waals surface area contributed by atoms with Crippen molar-refractivity contribution in [1.82, 2.24) is 19.7 Å². The molecular formula is C29H38N4O2. The SMILES string of the molecule is CC1(C)CCC[C@@H](N2CCC3(CC2)C(=O)N(Cc2ccccn2)C(=O)N3CCc2ccccc2)C1. The van der Waals surface area contributed by atoms with E-state index in [9.17, 15) is 9.59 Å². The molecule has 5 rings (SSSR count). The van der Waals surface area contributed by atoms with E-state index in [2.05, 4.69) is 35.9 Å². The molecule has 35 heavy (non-hydrogen) atoms. The van der Waals surface area contributed by atoms with Gasteiger partial charge in [-0.1, -0.05) is 56.7 Å². The van der Waals surface area contributed by atoms with Crippen molar-refractivity contribution in [2.75, 3.05) is 19.6 Å². The van der Waals surface area contributed by atoms with Crippen LogP contribution in [0.15, 0.2) is 54.7 Å². The maximum Gasteiger partial charge on any atom is 0.328 e. The summed E-state index contributed by atoms with van der Waals surface area (Å²) in [6.45, 7) is 7.31. The highest BCUT2D eigenvalue weighted by molar-refractivity contribution is 6.07. The molecule has 0 N–H and O–H groups in total. The Balaban J connectivity index is 1.35. The quantitative estimate of drug-likeness (QED) is 0.559. The van der Waals surface area contributed by atoms with Crippen LogP contribution >= 0.6 is 0 Å². The summed E-state index contributed by atoms with van der Waals surface area (Å²) in [6.07, 6.45) is 8.92. The van der Waals surface area contributed by atoms with Crippen LogP contribution in [0.2, 0.25) is 0 Å². The van der Waals surface area contributed by atoms with Crippen molar-refractivity contribution in [2.24, 2.45) is 5.41 Å². The second-order valence-electron chi connectivity index (χ2n) is 11.4. The summed E-state index contributed by atoms with van der Waals surface area (Å²) in [6, 6.07) is 16.3. The summed E-state index contributed by atoms with van der Waals surface area (Å²) in [7, 11) is 0. The van der Waals surface area contributed by atoms with Crippen LogP contribution in [0, 0.1) is 5.41 Å². The van der Waals surface area contributed by atoms with Crippen LogP contribution in [0.4, 0.5) is 4.79 Å². The number of amides is 3. The molecule has 3 heterocycles. The van der Waals surface area contributed by atoms with E-state index in [0.717, 1.165) is 25.2 Å². The Kier molecular flexibility index (Phi) is 6.67. The third-order valence-corrected chi connectivity index (χ3v) is 8.46. The predicted molar refractivity (Wildman–Crippen MR) is 137 cm³/mol. The lowest BCUT2D eigenvalue weighted by atomic mass is 9.74. The minimum Gasteiger partial charge on any atom is -0.309 e. The van der Waals surface area contributed by atoms with Crippen LogP contribution in [0.3, 0.4) is 0 Å². The van der Waals surface area contributed by atoms with E-state index in [0.29, 0.717) is 30.8 Å². The molecule has 2 aliphatic heterocycles. The summed E-state index contributed by atoms with van der Waals surface area (Å²) >= 11 is 0. The van der Waals surface area contributed by atoms with Crippen molar-refractivity contribution in [3.8, 4) is 0 Å². The maximum absolute atomic E-state index is 13.9. The van der Waals surface area contributed by atoms with Gasteiger partial charge in [-0.2, -0.15) is 0 Å². The number of likely N-dealkylation sites (tertiary alicyclic amines) is 1. The van der Waals surface area contributed by atoms with E-state index in [1.165, 1.54) is 36.1 Å². The predicted octanol–water partition coefficient (Wildman–Crippen LogP) is 4.89. The number of hydrogen-bond acceptors (Lipinski definition) is 4. The van der Waals surface area contributed by atoms with Crippen molar-refractivity contribution in [3.05, 3.63) is 66.0 Å². The number of piperidine rings is 1. The number of rotatable bonds is 6. The van der Waals surface area contributed by atoms with Crippen LogP contribution in [-0.4, -0.2) is 62.8 Å². The molecule has 0 bridgehead atoms. The zero-order valence-corrected chi connectivity index (χ0v) is 21.2. The second kappa shape index (κ2) is 9.73. The lowest BCUT2D eigenvalue weighted by Crippen LogP contribution is -2.58. The van der Waals surface area contributed by atoms with Gasteiger partial charge in [-0.05, 0) is 61.6 Å². The van der Waals surface area contributed by atoms with Crippen molar-refractivity contribution in [3.63, 3.8) is 0 Å². The molecule has 1 spiro atoms. The average Bonchev–Trinajstić information content (AvgIpc) is 3.05. The Labute approximate surface area is 209 Å². The zero-order valence-electron chi connectivity index (χ0n) is 21.2. The first-order valence-corrected chi connectivity index (χ1v) is 13.2. The van der Waals surface area contributed by atoms with E-state index in [1.54, 1.807) is 6.20 Å². The zero-order chi connectivity index (χ0) is 24.5. The number of benzene rings is 1. The maximum atomic E-state index is 13.9. The highest BCUT2D eigenvalue weighted by atomic mass is 16.2. The minimum absolute atomic E-state index is 0.0372. The van der Waals surface area contributed by atoms with E-state index < -0.39 is 5.54 Å². The lowest BCUT2D eigenvalue weighted by molar-refractivity contribution is -0.136. The highest BCUT2D eigenvalue weighted by Gasteiger charge is 2.58. The molecule has 1 aromatic heterocycles. The van der Waals surface area contributed by atoms with Crippen LogP contribution in [0.1, 0.15) is 63.6 Å². The fourth-order valence-corrected chi connectivity index (χ4v) is 6.48. The lowest BCUT2D eigenvalue weighted by Gasteiger charge is -2.47. The molecule has 1 aliphatic carbocycles. The molecule has 1 atom stereocenters. The highest BCUT2D eigenvalue weighted by Crippen LogP contribution is 2.42. The Morgan fingerprint density at radius 3 is 2.40 bits per heavy atom. The number of urea groups is 1. The number of carbonyl (C=O) groups excluding carboxylic acids is 2. The molecule has 3 amide bonds. The van der Waals surface area contributed by atoms with Gasteiger partial charge in [0.1, 0.15) is 5.54 Å². The first kappa shape index (κ1) is 24.0. The van der Waals surface area contributed by atoms with Crippen LogP contribution in [0.5, 0.6) is 0 Å². The topological polar surface area (TPSA) is 56.8 Å². The van der Waals surface area contributed by atoms with Crippen molar-refractivity contribution in [1.29, 1.82) is 0 Å². The van der Waals surface area contributed by atoms with E-state index >= 15 is 0 Å². The van der Waals surface area contributed by atoms with Gasteiger partial charge in [0.05, 0.1) is 12.2 Å². The molecule has 3 aliphatic rings. The van der Waals surface area contributed by atoms with Crippen molar-refractivity contribution < 1.29 is 9.59 Å². The van der Waals surface area contributed by atoms with Crippen molar-refractivity contribution >= 4 is 11.9 Å². The normalized spacial score (nSPS) is 24.3. The standard InChI is InChI=1S/C29H38N4O2/c1-28(2)14-8-12-25(21-28)31-19-15-29(16-20-31)26(34)32(22-24-11-6-7-17-30-24)27(35)33(29)18-13-23-9-4-3-5-10-23/h3-7,9-11,17,25H,8,12-16,18-22H2,1-2H3/t25-/m1/s1. The Morgan fingerprint density at radius 2 is 1.71 bits per heavy atom. The van der Waals surface area contributed by atoms with E-state index in [4.69, 9.17) is 0 Å². The first-order chi connectivity index (χ1) is 16.9. The number of carbonyl (C=O) groups is 2. The number of imide groups is 1. The number of nitrogens with zero attached hydrogens (tertiary/aromatic N) is 4. The molecule has 6 heteroatoms. The van der Waals surface area contributed by atoms with Crippen LogP contribution < -0.4 is 0 Å². The molecule has 2 saturated heterocycles. The number of pyridine rings is 1. The fourth-order valence-electron chi connectivity index (χ4n) is 6.48. The summed E-state index contributed by atoms with van der Waals surface area (Å²) in [4.78, 5) is 37.9. The Bertz CT molecular complexity index is 1030. The second-order valence-corrected chi connectivity index (χ2v) is 11.4. The molecule has 186 valence electrons. The van der Waals surface area contributed by atoms with Gasteiger partial charge in [0, 0.05) is 31.9 Å². The van der Waals surface area contributed by atoms with Gasteiger partial charge < -0.3 is 9.80 Å². The molecule has 0 unspecified atom stereocenters. The van der Waals surface area contributed by atoms with Gasteiger partial charge in [-0.25, -0.2) is 4.79 Å². The summed E-state index contributed by atoms with van der Waals surface area (Å²) in [5.41, 5.74) is 1.59. The van der Waals surface area contributed by atoms with Gasteiger partial charge in [0.15, 0.2) is 0 Å². The molecule has 1 aromatic carbocycles. The number of hydrogen-bond donors (Lipinski definition) is 0. The molecule has 6 nitrogen and oxygen atoms in total. The summed E-state index contributed by atoms with van der Waals surface area (Å²) < 4.78 is 0. The van der Waals surface area contributed by atoms with Crippen LogP contribution in [-0.2, 0) is 17.8 Å². The van der Waals surface area contributed by atoms with E-state index in [1.807, 2.05) is 41.3 Å². The molecule has 2 aromatic rings. The van der Waals surface area contributed by atoms with Gasteiger partial charge in [0.2, 0.25) is 0 Å². The largest absolute Gasteiger partial charge is 0.328 e. The molecule has 0 radical (unpaired) electrons. The van der Waals surface area contributed by atoms with E-state index in [-0.39, 0.29) is 18.5 Å². The summed E-state index contributed by atoms with van der Waals surface area (Å²) in [5, 5.41) is 0.